The van der Waals surface area contributed by atoms with Crippen molar-refractivity contribution in [2.24, 2.45) is 0 Å². The number of piperazine rings is 1. The number of rotatable bonds is 5. The molecule has 2 amide bonds. The lowest BCUT2D eigenvalue weighted by Gasteiger charge is -2.37. The highest BCUT2D eigenvalue weighted by Gasteiger charge is 2.24. The maximum absolute atomic E-state index is 12.2. The van der Waals surface area contributed by atoms with Crippen molar-refractivity contribution < 1.29 is 4.79 Å². The molecule has 1 atom stereocenters. The third-order valence-corrected chi connectivity index (χ3v) is 4.59. The van der Waals surface area contributed by atoms with Gasteiger partial charge in [0.15, 0.2) is 0 Å². The molecule has 0 aliphatic carbocycles. The zero-order chi connectivity index (χ0) is 14.4. The van der Waals surface area contributed by atoms with E-state index in [-0.39, 0.29) is 22.2 Å². The zero-order valence-corrected chi connectivity index (χ0v) is 14.3. The Morgan fingerprint density at radius 1 is 1.37 bits per heavy atom. The van der Waals surface area contributed by atoms with E-state index < -0.39 is 0 Å². The fourth-order valence-corrected chi connectivity index (χ4v) is 2.70. The van der Waals surface area contributed by atoms with E-state index in [1.165, 1.54) is 0 Å². The molecule has 0 aromatic heterocycles. The molecule has 0 radical (unpaired) electrons. The van der Waals surface area contributed by atoms with Gasteiger partial charge in [0.2, 0.25) is 0 Å². The lowest BCUT2D eigenvalue weighted by Crippen LogP contribution is -2.53. The van der Waals surface area contributed by atoms with Crippen LogP contribution in [-0.2, 0) is 0 Å². The molecule has 1 unspecified atom stereocenters. The number of amides is 2. The molecule has 1 aliphatic rings. The van der Waals surface area contributed by atoms with Crippen LogP contribution in [0.25, 0.3) is 0 Å². The maximum Gasteiger partial charge on any atom is 0.320 e. The molecule has 1 N–H and O–H groups in total. The van der Waals surface area contributed by atoms with Crippen LogP contribution >= 0.6 is 21.8 Å². The number of nitrogens with zero attached hydrogens (tertiary/aromatic N) is 3. The minimum Gasteiger partial charge on any atom is -0.325 e. The number of hydrogen-bond acceptors (Lipinski definition) is 4. The van der Waals surface area contributed by atoms with Crippen LogP contribution in [0, 0.1) is 0 Å². The minimum atomic E-state index is -0.316. The van der Waals surface area contributed by atoms with Crippen LogP contribution in [0.1, 0.15) is 13.8 Å². The Morgan fingerprint density at radius 2 is 1.95 bits per heavy atom. The van der Waals surface area contributed by atoms with Gasteiger partial charge in [-0.05, 0) is 20.1 Å². The summed E-state index contributed by atoms with van der Waals surface area (Å²) in [7, 11) is 1.56. The highest BCUT2D eigenvalue weighted by molar-refractivity contribution is 8.77. The summed E-state index contributed by atoms with van der Waals surface area (Å²) in [6.07, 6.45) is 2.09. The number of carbonyl (C=O) groups is 1. The van der Waals surface area contributed by atoms with E-state index in [4.69, 9.17) is 0 Å². The highest BCUT2D eigenvalue weighted by Crippen LogP contribution is 2.17. The van der Waals surface area contributed by atoms with Gasteiger partial charge < -0.3 is 9.80 Å². The van der Waals surface area contributed by atoms with E-state index >= 15 is 0 Å². The van der Waals surface area contributed by atoms with Crippen LogP contribution in [0.15, 0.2) is 0 Å². The van der Waals surface area contributed by atoms with E-state index in [1.807, 2.05) is 30.7 Å². The van der Waals surface area contributed by atoms with E-state index in [9.17, 15) is 4.79 Å². The van der Waals surface area contributed by atoms with E-state index in [0.29, 0.717) is 0 Å². The molecular formula is C12H28N4OS2. The van der Waals surface area contributed by atoms with Crippen LogP contribution in [0.5, 0.6) is 0 Å². The second kappa shape index (κ2) is 8.24. The SMILES string of the molecule is CC(C)N(C)C(=O)N1CCN(CCN[SH](C)S)CC1. The van der Waals surface area contributed by atoms with Crippen molar-refractivity contribution in [2.45, 2.75) is 19.9 Å². The van der Waals surface area contributed by atoms with Crippen LogP contribution in [0.2, 0.25) is 0 Å². The van der Waals surface area contributed by atoms with Crippen molar-refractivity contribution in [1.82, 2.24) is 19.4 Å². The summed E-state index contributed by atoms with van der Waals surface area (Å²) in [4.78, 5) is 18.3. The maximum atomic E-state index is 12.2. The molecule has 0 saturated carbocycles. The minimum absolute atomic E-state index is 0.153. The van der Waals surface area contributed by atoms with Gasteiger partial charge in [-0.15, -0.1) is 11.7 Å². The van der Waals surface area contributed by atoms with Gasteiger partial charge in [0.25, 0.3) is 0 Å². The quantitative estimate of drug-likeness (QED) is 0.525. The Hall–Kier alpha value is -0.110. The van der Waals surface area contributed by atoms with Gasteiger partial charge in [-0.25, -0.2) is 4.79 Å². The first-order valence-electron chi connectivity index (χ1n) is 6.82. The van der Waals surface area contributed by atoms with Gasteiger partial charge in [0.1, 0.15) is 0 Å². The predicted octanol–water partition coefficient (Wildman–Crippen LogP) is 1.04. The van der Waals surface area contributed by atoms with Gasteiger partial charge in [-0.2, -0.15) is 10.1 Å². The van der Waals surface area contributed by atoms with Crippen LogP contribution in [-0.4, -0.2) is 79.3 Å². The fourth-order valence-electron chi connectivity index (χ4n) is 1.98. The molecule has 1 aliphatic heterocycles. The molecule has 1 heterocycles. The van der Waals surface area contributed by atoms with Crippen molar-refractivity contribution in [1.29, 1.82) is 0 Å². The molecule has 1 fully saturated rings. The summed E-state index contributed by atoms with van der Waals surface area (Å²) in [5, 5.41) is 0. The number of hydrogen-bond donors (Lipinski definition) is 3. The van der Waals surface area contributed by atoms with E-state index in [1.54, 1.807) is 0 Å². The Labute approximate surface area is 125 Å². The largest absolute Gasteiger partial charge is 0.325 e. The lowest BCUT2D eigenvalue weighted by molar-refractivity contribution is 0.113. The summed E-state index contributed by atoms with van der Waals surface area (Å²) in [6, 6.07) is 0.411. The van der Waals surface area contributed by atoms with E-state index in [2.05, 4.69) is 27.5 Å². The fraction of sp³-hybridized carbons (Fsp3) is 0.917. The number of urea groups is 1. The summed E-state index contributed by atoms with van der Waals surface area (Å²) < 4.78 is 3.36. The standard InChI is InChI=1S/C12H28N4OS2/c1-11(2)14(3)12(17)16-9-7-15(8-10-16)6-5-13-19(4)18/h11,13,18-19H,5-10H2,1-4H3. The molecule has 0 aromatic rings. The van der Waals surface area contributed by atoms with Gasteiger partial charge in [-0.3, -0.25) is 9.62 Å². The first-order chi connectivity index (χ1) is 8.91. The number of carbonyl (C=O) groups excluding carboxylic acids is 1. The van der Waals surface area contributed by atoms with Crippen molar-refractivity contribution in [3.8, 4) is 0 Å². The van der Waals surface area contributed by atoms with Crippen LogP contribution in [0.3, 0.4) is 0 Å². The first kappa shape index (κ1) is 16.9. The molecule has 1 rings (SSSR count). The van der Waals surface area contributed by atoms with Gasteiger partial charge >= 0.3 is 6.03 Å². The average Bonchev–Trinajstić information content (AvgIpc) is 2.37. The second-order valence-corrected chi connectivity index (χ2v) is 8.41. The normalized spacial score (nSPS) is 19.7. The molecule has 1 saturated heterocycles. The Bertz CT molecular complexity index is 281. The lowest BCUT2D eigenvalue weighted by atomic mass is 10.3. The number of nitrogens with one attached hydrogen (secondary N) is 1. The van der Waals surface area contributed by atoms with Crippen molar-refractivity contribution >= 4 is 27.8 Å². The molecule has 7 heteroatoms. The topological polar surface area (TPSA) is 38.8 Å². The summed E-state index contributed by atoms with van der Waals surface area (Å²) in [6.45, 7) is 9.69. The predicted molar refractivity (Wildman–Crippen MR) is 88.2 cm³/mol. The van der Waals surface area contributed by atoms with Crippen molar-refractivity contribution in [3.05, 3.63) is 0 Å². The van der Waals surface area contributed by atoms with E-state index in [0.717, 1.165) is 39.3 Å². The van der Waals surface area contributed by atoms with Crippen molar-refractivity contribution in [3.63, 3.8) is 0 Å². The average molecular weight is 309 g/mol. The zero-order valence-electron chi connectivity index (χ0n) is 12.5. The van der Waals surface area contributed by atoms with Gasteiger partial charge in [-0.1, -0.05) is 0 Å². The van der Waals surface area contributed by atoms with Crippen molar-refractivity contribution in [2.75, 3.05) is 52.6 Å². The molecule has 114 valence electrons. The van der Waals surface area contributed by atoms with Gasteiger partial charge in [0, 0.05) is 52.4 Å². The Balaban J connectivity index is 2.27. The first-order valence-corrected chi connectivity index (χ1v) is 9.76. The molecule has 0 spiro atoms. The third kappa shape index (κ3) is 5.81. The molecule has 0 aromatic carbocycles. The molecule has 0 bridgehead atoms. The summed E-state index contributed by atoms with van der Waals surface area (Å²) in [5.41, 5.74) is 0. The molecule has 19 heavy (non-hydrogen) atoms. The third-order valence-electron chi connectivity index (χ3n) is 3.49. The molecular weight excluding hydrogens is 280 g/mol. The summed E-state index contributed by atoms with van der Waals surface area (Å²) >= 11 is 4.36. The van der Waals surface area contributed by atoms with Crippen LogP contribution < -0.4 is 4.72 Å². The Kier molecular flexibility index (Phi) is 7.35. The summed E-state index contributed by atoms with van der Waals surface area (Å²) in [5.74, 6) is 0. The highest BCUT2D eigenvalue weighted by atomic mass is 33.1. The monoisotopic (exact) mass is 308 g/mol. The Morgan fingerprint density at radius 3 is 2.42 bits per heavy atom. The molecule has 5 nitrogen and oxygen atoms in total. The van der Waals surface area contributed by atoms with Crippen LogP contribution in [0.4, 0.5) is 4.79 Å². The number of thiol groups is 2. The smallest absolute Gasteiger partial charge is 0.320 e. The van der Waals surface area contributed by atoms with Gasteiger partial charge in [0.05, 0.1) is 0 Å². The second-order valence-electron chi connectivity index (χ2n) is 5.25.